The third-order valence-electron chi connectivity index (χ3n) is 3.69. The highest BCUT2D eigenvalue weighted by Gasteiger charge is 2.61. The summed E-state index contributed by atoms with van der Waals surface area (Å²) in [6, 6.07) is 0. The van der Waals surface area contributed by atoms with E-state index in [0.717, 1.165) is 6.54 Å². The minimum atomic E-state index is 0.386. The van der Waals surface area contributed by atoms with Crippen LogP contribution in [0.5, 0.6) is 0 Å². The number of amides is 1. The van der Waals surface area contributed by atoms with Crippen LogP contribution in [-0.2, 0) is 4.79 Å². The molecule has 0 aromatic rings. The zero-order chi connectivity index (χ0) is 8.77. The second-order valence-corrected chi connectivity index (χ2v) is 4.33. The van der Waals surface area contributed by atoms with Crippen molar-refractivity contribution >= 4 is 5.91 Å². The van der Waals surface area contributed by atoms with E-state index in [1.807, 2.05) is 18.9 Å². The largest absolute Gasteiger partial charge is 0.346 e. The van der Waals surface area contributed by atoms with Crippen molar-refractivity contribution in [3.63, 3.8) is 0 Å². The molecule has 1 spiro atoms. The van der Waals surface area contributed by atoms with E-state index in [2.05, 4.69) is 0 Å². The van der Waals surface area contributed by atoms with Gasteiger partial charge in [0.25, 0.3) is 0 Å². The third-order valence-corrected chi connectivity index (χ3v) is 3.69. The molecule has 0 bridgehead atoms. The molecule has 2 heteroatoms. The maximum atomic E-state index is 11.7. The average molecular weight is 167 g/mol. The van der Waals surface area contributed by atoms with Gasteiger partial charge in [0.15, 0.2) is 0 Å². The van der Waals surface area contributed by atoms with Crippen LogP contribution in [-0.4, -0.2) is 24.4 Å². The molecule has 1 amide bonds. The van der Waals surface area contributed by atoms with Gasteiger partial charge >= 0.3 is 0 Å². The molecule has 0 radical (unpaired) electrons. The summed E-state index contributed by atoms with van der Waals surface area (Å²) in [4.78, 5) is 13.5. The predicted octanol–water partition coefficient (Wildman–Crippen LogP) is 1.65. The third kappa shape index (κ3) is 0.970. The molecular formula is C10H17NO. The summed E-state index contributed by atoms with van der Waals surface area (Å²) in [7, 11) is 1.91. The van der Waals surface area contributed by atoms with Crippen LogP contribution in [0.4, 0.5) is 0 Å². The standard InChI is InChI=1S/C10H17NO/c1-3-11(2)9(12)8-7-10(8)5-4-6-10/h8H,3-7H2,1-2H3. The Labute approximate surface area is 73.9 Å². The molecule has 2 rings (SSSR count). The van der Waals surface area contributed by atoms with Crippen molar-refractivity contribution in [1.82, 2.24) is 4.90 Å². The van der Waals surface area contributed by atoms with Gasteiger partial charge in [0.2, 0.25) is 5.91 Å². The van der Waals surface area contributed by atoms with E-state index in [1.54, 1.807) is 0 Å². The van der Waals surface area contributed by atoms with Crippen LogP contribution in [0.25, 0.3) is 0 Å². The molecule has 2 saturated carbocycles. The summed E-state index contributed by atoms with van der Waals surface area (Å²) in [5, 5.41) is 0. The molecule has 0 aliphatic heterocycles. The number of nitrogens with zero attached hydrogens (tertiary/aromatic N) is 1. The van der Waals surface area contributed by atoms with Crippen LogP contribution in [0.2, 0.25) is 0 Å². The van der Waals surface area contributed by atoms with E-state index >= 15 is 0 Å². The topological polar surface area (TPSA) is 20.3 Å². The lowest BCUT2D eigenvalue weighted by atomic mass is 9.79. The van der Waals surface area contributed by atoms with Gasteiger partial charge in [0.05, 0.1) is 0 Å². The van der Waals surface area contributed by atoms with E-state index in [-0.39, 0.29) is 0 Å². The summed E-state index contributed by atoms with van der Waals surface area (Å²) < 4.78 is 0. The molecule has 2 aliphatic rings. The second-order valence-electron chi connectivity index (χ2n) is 4.33. The second kappa shape index (κ2) is 2.48. The predicted molar refractivity (Wildman–Crippen MR) is 47.7 cm³/mol. The van der Waals surface area contributed by atoms with Crippen LogP contribution in [0.1, 0.15) is 32.6 Å². The summed E-state index contributed by atoms with van der Waals surface area (Å²) in [5.41, 5.74) is 0.501. The molecule has 2 nitrogen and oxygen atoms in total. The van der Waals surface area contributed by atoms with Crippen molar-refractivity contribution in [2.24, 2.45) is 11.3 Å². The highest BCUT2D eigenvalue weighted by Crippen LogP contribution is 2.65. The minimum Gasteiger partial charge on any atom is -0.346 e. The Bertz CT molecular complexity index is 208. The van der Waals surface area contributed by atoms with Crippen molar-refractivity contribution < 1.29 is 4.79 Å². The molecule has 12 heavy (non-hydrogen) atoms. The fourth-order valence-corrected chi connectivity index (χ4v) is 2.30. The van der Waals surface area contributed by atoms with Crippen LogP contribution in [0, 0.1) is 11.3 Å². The molecule has 0 N–H and O–H groups in total. The van der Waals surface area contributed by atoms with Crippen LogP contribution < -0.4 is 0 Å². The smallest absolute Gasteiger partial charge is 0.225 e. The van der Waals surface area contributed by atoms with Gasteiger partial charge in [-0.2, -0.15) is 0 Å². The molecular weight excluding hydrogens is 150 g/mol. The van der Waals surface area contributed by atoms with E-state index in [0.29, 0.717) is 17.2 Å². The van der Waals surface area contributed by atoms with E-state index in [4.69, 9.17) is 0 Å². The maximum absolute atomic E-state index is 11.7. The zero-order valence-electron chi connectivity index (χ0n) is 7.97. The summed E-state index contributed by atoms with van der Waals surface area (Å²) >= 11 is 0. The van der Waals surface area contributed by atoms with Crippen molar-refractivity contribution in [2.75, 3.05) is 13.6 Å². The first-order valence-corrected chi connectivity index (χ1v) is 4.94. The zero-order valence-corrected chi connectivity index (χ0v) is 7.97. The van der Waals surface area contributed by atoms with Crippen molar-refractivity contribution in [1.29, 1.82) is 0 Å². The molecule has 0 heterocycles. The molecule has 68 valence electrons. The summed E-state index contributed by atoms with van der Waals surface area (Å²) in [6.45, 7) is 2.89. The first kappa shape index (κ1) is 8.09. The van der Waals surface area contributed by atoms with E-state index in [1.165, 1.54) is 25.7 Å². The number of carbonyl (C=O) groups excluding carboxylic acids is 1. The SMILES string of the molecule is CCN(C)C(=O)C1CC12CCC2. The first-order valence-electron chi connectivity index (χ1n) is 4.94. The maximum Gasteiger partial charge on any atom is 0.225 e. The number of carbonyl (C=O) groups is 1. The lowest BCUT2D eigenvalue weighted by molar-refractivity contribution is -0.132. The lowest BCUT2D eigenvalue weighted by Gasteiger charge is -2.27. The van der Waals surface area contributed by atoms with Crippen LogP contribution in [0.3, 0.4) is 0 Å². The van der Waals surface area contributed by atoms with Gasteiger partial charge in [-0.15, -0.1) is 0 Å². The van der Waals surface area contributed by atoms with Gasteiger partial charge in [0, 0.05) is 19.5 Å². The first-order chi connectivity index (χ1) is 5.69. The van der Waals surface area contributed by atoms with Gasteiger partial charge in [-0.3, -0.25) is 4.79 Å². The quantitative estimate of drug-likeness (QED) is 0.612. The van der Waals surface area contributed by atoms with Crippen LogP contribution in [0.15, 0.2) is 0 Å². The highest BCUT2D eigenvalue weighted by atomic mass is 16.2. The van der Waals surface area contributed by atoms with Gasteiger partial charge in [-0.05, 0) is 31.6 Å². The summed E-state index contributed by atoms with van der Waals surface area (Å²) in [5.74, 6) is 0.786. The fraction of sp³-hybridized carbons (Fsp3) is 0.900. The Kier molecular flexibility index (Phi) is 1.67. The molecule has 0 saturated heterocycles. The molecule has 2 aliphatic carbocycles. The lowest BCUT2D eigenvalue weighted by Crippen LogP contribution is -2.31. The Balaban J connectivity index is 1.91. The summed E-state index contributed by atoms with van der Waals surface area (Å²) in [6.07, 6.45) is 5.14. The van der Waals surface area contributed by atoms with E-state index < -0.39 is 0 Å². The van der Waals surface area contributed by atoms with Gasteiger partial charge in [-0.25, -0.2) is 0 Å². The molecule has 1 unspecified atom stereocenters. The van der Waals surface area contributed by atoms with Crippen molar-refractivity contribution in [3.8, 4) is 0 Å². The minimum absolute atomic E-state index is 0.386. The Morgan fingerprint density at radius 3 is 2.58 bits per heavy atom. The average Bonchev–Trinajstić information content (AvgIpc) is 2.75. The van der Waals surface area contributed by atoms with E-state index in [9.17, 15) is 4.79 Å². The normalized spacial score (nSPS) is 29.7. The Hall–Kier alpha value is -0.530. The monoisotopic (exact) mass is 167 g/mol. The number of rotatable bonds is 2. The molecule has 0 aromatic heterocycles. The Morgan fingerprint density at radius 1 is 1.58 bits per heavy atom. The van der Waals surface area contributed by atoms with Crippen LogP contribution >= 0.6 is 0 Å². The fourth-order valence-electron chi connectivity index (χ4n) is 2.30. The molecule has 0 aromatic carbocycles. The Morgan fingerprint density at radius 2 is 2.25 bits per heavy atom. The highest BCUT2D eigenvalue weighted by molar-refractivity contribution is 5.82. The van der Waals surface area contributed by atoms with Gasteiger partial charge in [0.1, 0.15) is 0 Å². The van der Waals surface area contributed by atoms with Crippen molar-refractivity contribution in [3.05, 3.63) is 0 Å². The number of hydrogen-bond acceptors (Lipinski definition) is 1. The van der Waals surface area contributed by atoms with Crippen molar-refractivity contribution in [2.45, 2.75) is 32.6 Å². The molecule has 1 atom stereocenters. The number of hydrogen-bond donors (Lipinski definition) is 0. The van der Waals surface area contributed by atoms with Gasteiger partial charge in [-0.1, -0.05) is 6.42 Å². The molecule has 2 fully saturated rings. The van der Waals surface area contributed by atoms with Gasteiger partial charge < -0.3 is 4.90 Å².